The summed E-state index contributed by atoms with van der Waals surface area (Å²) in [7, 11) is -3.88. The molecular weight excluding hydrogens is 182 g/mol. The maximum Gasteiger partial charge on any atom is 0.501 e. The van der Waals surface area contributed by atoms with Crippen LogP contribution in [0, 0.1) is 0 Å². The molecule has 0 bridgehead atoms. The van der Waals surface area contributed by atoms with Crippen molar-refractivity contribution in [2.24, 2.45) is 0 Å². The number of rotatable bonds is 0. The Morgan fingerprint density at radius 2 is 1.83 bits per heavy atom. The first kappa shape index (κ1) is 7.23. The van der Waals surface area contributed by atoms with E-state index >= 15 is 0 Å². The van der Waals surface area contributed by atoms with Gasteiger partial charge >= 0.3 is 10.4 Å². The van der Waals surface area contributed by atoms with E-state index in [1.54, 1.807) is 0 Å². The van der Waals surface area contributed by atoms with Crippen molar-refractivity contribution in [3.05, 3.63) is 18.2 Å². The van der Waals surface area contributed by atoms with Crippen LogP contribution in [0.1, 0.15) is 0 Å². The maximum atomic E-state index is 10.7. The third-order valence-electron chi connectivity index (χ3n) is 1.35. The van der Waals surface area contributed by atoms with E-state index in [0.29, 0.717) is 5.69 Å². The molecule has 2 N–H and O–H groups in total. The van der Waals surface area contributed by atoms with Crippen molar-refractivity contribution >= 4 is 16.1 Å². The fraction of sp³-hybridized carbons (Fsp3) is 0. The molecule has 0 unspecified atom stereocenters. The lowest BCUT2D eigenvalue weighted by atomic mass is 10.3. The standard InChI is InChI=1S/C6H5NO4S/c7-4-1-2-5-6(3-4)11-12(8,9)10-5/h1-3H,7H2. The Bertz CT molecular complexity index is 425. The highest BCUT2D eigenvalue weighted by Gasteiger charge is 2.27. The predicted molar refractivity (Wildman–Crippen MR) is 41.0 cm³/mol. The van der Waals surface area contributed by atoms with Crippen molar-refractivity contribution in [2.45, 2.75) is 0 Å². The Labute approximate surface area is 69.0 Å². The van der Waals surface area contributed by atoms with Crippen LogP contribution in [0.5, 0.6) is 11.5 Å². The van der Waals surface area contributed by atoms with Gasteiger partial charge in [0, 0.05) is 11.8 Å². The van der Waals surface area contributed by atoms with Gasteiger partial charge in [-0.1, -0.05) is 0 Å². The van der Waals surface area contributed by atoms with Gasteiger partial charge in [-0.05, 0) is 12.1 Å². The minimum atomic E-state index is -3.88. The Morgan fingerprint density at radius 1 is 1.17 bits per heavy atom. The van der Waals surface area contributed by atoms with Crippen molar-refractivity contribution in [3.8, 4) is 11.5 Å². The fourth-order valence-electron chi connectivity index (χ4n) is 0.896. The van der Waals surface area contributed by atoms with Crippen LogP contribution in [0.2, 0.25) is 0 Å². The lowest BCUT2D eigenvalue weighted by Gasteiger charge is -1.92. The van der Waals surface area contributed by atoms with E-state index < -0.39 is 10.4 Å². The van der Waals surface area contributed by atoms with Crippen molar-refractivity contribution in [1.29, 1.82) is 0 Å². The molecule has 12 heavy (non-hydrogen) atoms. The first-order valence-electron chi connectivity index (χ1n) is 3.10. The summed E-state index contributed by atoms with van der Waals surface area (Å²) in [6.45, 7) is 0. The Kier molecular flexibility index (Phi) is 1.23. The monoisotopic (exact) mass is 187 g/mol. The smallest absolute Gasteiger partial charge is 0.399 e. The first-order valence-corrected chi connectivity index (χ1v) is 4.43. The van der Waals surface area contributed by atoms with Gasteiger partial charge in [-0.25, -0.2) is 0 Å². The highest BCUT2D eigenvalue weighted by Crippen LogP contribution is 2.36. The van der Waals surface area contributed by atoms with Crippen molar-refractivity contribution in [3.63, 3.8) is 0 Å². The van der Waals surface area contributed by atoms with Gasteiger partial charge in [-0.2, -0.15) is 0 Å². The van der Waals surface area contributed by atoms with E-state index in [-0.39, 0.29) is 11.5 Å². The molecule has 5 nitrogen and oxygen atoms in total. The summed E-state index contributed by atoms with van der Waals surface area (Å²) in [6.07, 6.45) is 0. The third kappa shape index (κ3) is 1.06. The van der Waals surface area contributed by atoms with Crippen LogP contribution in [-0.2, 0) is 10.4 Å². The molecular formula is C6H5NO4S. The molecule has 0 aromatic heterocycles. The molecule has 1 aliphatic heterocycles. The summed E-state index contributed by atoms with van der Waals surface area (Å²) in [6, 6.07) is 4.36. The number of nitrogen functional groups attached to an aromatic ring is 1. The summed E-state index contributed by atoms with van der Waals surface area (Å²) < 4.78 is 30.3. The molecule has 0 saturated carbocycles. The van der Waals surface area contributed by atoms with E-state index in [1.165, 1.54) is 18.2 Å². The summed E-state index contributed by atoms with van der Waals surface area (Å²) in [5.41, 5.74) is 5.81. The van der Waals surface area contributed by atoms with Crippen molar-refractivity contribution < 1.29 is 16.8 Å². The van der Waals surface area contributed by atoms with E-state index in [2.05, 4.69) is 8.37 Å². The van der Waals surface area contributed by atoms with Gasteiger partial charge in [-0.15, -0.1) is 8.42 Å². The molecule has 64 valence electrons. The molecule has 0 saturated heterocycles. The Morgan fingerprint density at radius 3 is 2.58 bits per heavy atom. The molecule has 1 aliphatic rings. The van der Waals surface area contributed by atoms with Crippen molar-refractivity contribution in [2.75, 3.05) is 5.73 Å². The van der Waals surface area contributed by atoms with E-state index in [9.17, 15) is 8.42 Å². The maximum absolute atomic E-state index is 10.7. The second-order valence-electron chi connectivity index (χ2n) is 2.28. The average molecular weight is 187 g/mol. The lowest BCUT2D eigenvalue weighted by Crippen LogP contribution is -2.07. The van der Waals surface area contributed by atoms with Gasteiger partial charge in [0.05, 0.1) is 0 Å². The molecule has 0 spiro atoms. The number of fused-ring (bicyclic) bond motifs is 1. The van der Waals surface area contributed by atoms with Crippen LogP contribution in [0.3, 0.4) is 0 Å². The molecule has 0 radical (unpaired) electrons. The topological polar surface area (TPSA) is 78.6 Å². The van der Waals surface area contributed by atoms with E-state index in [0.717, 1.165) is 0 Å². The van der Waals surface area contributed by atoms with Crippen LogP contribution in [-0.4, -0.2) is 8.42 Å². The van der Waals surface area contributed by atoms with Crippen molar-refractivity contribution in [1.82, 2.24) is 0 Å². The molecule has 0 aliphatic carbocycles. The summed E-state index contributed by atoms with van der Waals surface area (Å²) in [5.74, 6) is 0.305. The van der Waals surface area contributed by atoms with Gasteiger partial charge < -0.3 is 14.1 Å². The summed E-state index contributed by atoms with van der Waals surface area (Å²) in [4.78, 5) is 0. The normalized spacial score (nSPS) is 17.7. The quantitative estimate of drug-likeness (QED) is 0.590. The summed E-state index contributed by atoms with van der Waals surface area (Å²) >= 11 is 0. The van der Waals surface area contributed by atoms with Crippen LogP contribution in [0.4, 0.5) is 5.69 Å². The minimum absolute atomic E-state index is 0.134. The third-order valence-corrected chi connectivity index (χ3v) is 2.12. The Balaban J connectivity index is 2.56. The molecule has 6 heteroatoms. The molecule has 2 rings (SSSR count). The molecule has 0 fully saturated rings. The molecule has 0 atom stereocenters. The van der Waals surface area contributed by atoms with Gasteiger partial charge in [0.25, 0.3) is 0 Å². The van der Waals surface area contributed by atoms with Gasteiger partial charge in [-0.3, -0.25) is 0 Å². The SMILES string of the molecule is Nc1ccc2c(c1)OS(=O)(=O)O2. The van der Waals surface area contributed by atoms with E-state index in [1.807, 2.05) is 0 Å². The Hall–Kier alpha value is -1.43. The number of hydrogen-bond donors (Lipinski definition) is 1. The largest absolute Gasteiger partial charge is 0.501 e. The number of anilines is 1. The summed E-state index contributed by atoms with van der Waals surface area (Å²) in [5, 5.41) is 0. The van der Waals surface area contributed by atoms with Gasteiger partial charge in [0.1, 0.15) is 0 Å². The highest BCUT2D eigenvalue weighted by atomic mass is 32.3. The van der Waals surface area contributed by atoms with Gasteiger partial charge in [0.2, 0.25) is 0 Å². The second-order valence-corrected chi connectivity index (χ2v) is 3.43. The minimum Gasteiger partial charge on any atom is -0.399 e. The van der Waals surface area contributed by atoms with Crippen LogP contribution in [0.15, 0.2) is 18.2 Å². The number of nitrogens with two attached hydrogens (primary N) is 1. The number of hydrogen-bond acceptors (Lipinski definition) is 5. The van der Waals surface area contributed by atoms with E-state index in [4.69, 9.17) is 5.73 Å². The molecule has 0 amide bonds. The predicted octanol–water partition coefficient (Wildman–Crippen LogP) is 0.285. The van der Waals surface area contributed by atoms with Gasteiger partial charge in [0.15, 0.2) is 11.5 Å². The molecule has 1 aromatic carbocycles. The highest BCUT2D eigenvalue weighted by molar-refractivity contribution is 7.82. The molecule has 1 aromatic rings. The first-order chi connectivity index (χ1) is 5.57. The molecule has 1 heterocycles. The number of benzene rings is 1. The zero-order valence-electron chi connectivity index (χ0n) is 5.85. The second kappa shape index (κ2) is 2.04. The lowest BCUT2D eigenvalue weighted by molar-refractivity contribution is 0.436. The zero-order chi connectivity index (χ0) is 8.77. The fourth-order valence-corrected chi connectivity index (χ4v) is 1.64. The zero-order valence-corrected chi connectivity index (χ0v) is 6.67. The van der Waals surface area contributed by atoms with Crippen LogP contribution in [0.25, 0.3) is 0 Å². The average Bonchev–Trinajstić information content (AvgIpc) is 2.21. The van der Waals surface area contributed by atoms with Crippen LogP contribution >= 0.6 is 0 Å². The van der Waals surface area contributed by atoms with Crippen LogP contribution < -0.4 is 14.1 Å².